The fraction of sp³-hybridized carbons (Fsp3) is 0.917. The van der Waals surface area contributed by atoms with Gasteiger partial charge in [-0.3, -0.25) is 0 Å². The molecular formula is C12H25N3O. The normalized spacial score (nSPS) is 19.1. The van der Waals surface area contributed by atoms with Gasteiger partial charge in [-0.1, -0.05) is 19.3 Å². The molecule has 1 fully saturated rings. The molecule has 0 aromatic carbocycles. The van der Waals surface area contributed by atoms with E-state index in [1.165, 1.54) is 6.42 Å². The van der Waals surface area contributed by atoms with E-state index in [-0.39, 0.29) is 0 Å². The fourth-order valence-electron chi connectivity index (χ4n) is 2.27. The highest BCUT2D eigenvalue weighted by atomic mass is 16.3. The summed E-state index contributed by atoms with van der Waals surface area (Å²) in [6.45, 7) is 0.526. The van der Waals surface area contributed by atoms with E-state index < -0.39 is 5.60 Å². The van der Waals surface area contributed by atoms with Crippen LogP contribution in [0.1, 0.15) is 32.1 Å². The summed E-state index contributed by atoms with van der Waals surface area (Å²) in [5, 5.41) is 10.3. The van der Waals surface area contributed by atoms with E-state index in [9.17, 15) is 5.11 Å². The molecular weight excluding hydrogens is 202 g/mol. The number of guanidine groups is 1. The molecule has 0 bridgehead atoms. The van der Waals surface area contributed by atoms with Crippen LogP contribution in [0.3, 0.4) is 0 Å². The van der Waals surface area contributed by atoms with E-state index in [4.69, 9.17) is 0 Å². The van der Waals surface area contributed by atoms with Crippen molar-refractivity contribution in [2.24, 2.45) is 4.99 Å². The average Bonchev–Trinajstić information content (AvgIpc) is 2.17. The SMILES string of the molecule is CN(C)C(=NCC1(O)CCCCC1)N(C)C. The Hall–Kier alpha value is -0.770. The minimum absolute atomic E-state index is 0.526. The van der Waals surface area contributed by atoms with E-state index in [0.29, 0.717) is 6.54 Å². The zero-order chi connectivity index (χ0) is 12.2. The molecule has 1 aliphatic carbocycles. The summed E-state index contributed by atoms with van der Waals surface area (Å²) < 4.78 is 0. The zero-order valence-corrected chi connectivity index (χ0v) is 11.0. The minimum Gasteiger partial charge on any atom is -0.388 e. The smallest absolute Gasteiger partial charge is 0.195 e. The Balaban J connectivity index is 2.61. The van der Waals surface area contributed by atoms with Gasteiger partial charge >= 0.3 is 0 Å². The lowest BCUT2D eigenvalue weighted by molar-refractivity contribution is 0.0129. The predicted molar refractivity (Wildman–Crippen MR) is 67.7 cm³/mol. The number of rotatable bonds is 2. The maximum absolute atomic E-state index is 10.3. The molecule has 0 aliphatic heterocycles. The number of hydrogen-bond acceptors (Lipinski definition) is 2. The van der Waals surface area contributed by atoms with E-state index in [1.807, 2.05) is 38.0 Å². The Kier molecular flexibility index (Phi) is 4.59. The van der Waals surface area contributed by atoms with Crippen molar-refractivity contribution in [3.63, 3.8) is 0 Å². The standard InChI is InChI=1S/C12H25N3O/c1-14(2)11(15(3)4)13-10-12(16)8-6-5-7-9-12/h16H,5-10H2,1-4H3. The summed E-state index contributed by atoms with van der Waals surface area (Å²) in [4.78, 5) is 8.49. The lowest BCUT2D eigenvalue weighted by Gasteiger charge is -2.31. The lowest BCUT2D eigenvalue weighted by atomic mass is 9.85. The molecule has 0 unspecified atom stereocenters. The zero-order valence-electron chi connectivity index (χ0n) is 11.0. The second-order valence-electron chi connectivity index (χ2n) is 5.19. The topological polar surface area (TPSA) is 39.1 Å². The number of nitrogens with zero attached hydrogens (tertiary/aromatic N) is 3. The fourth-order valence-corrected chi connectivity index (χ4v) is 2.27. The summed E-state index contributed by atoms with van der Waals surface area (Å²) in [5.41, 5.74) is -0.560. The maximum atomic E-state index is 10.3. The van der Waals surface area contributed by atoms with Crippen molar-refractivity contribution in [3.8, 4) is 0 Å². The molecule has 0 amide bonds. The van der Waals surface area contributed by atoms with Crippen LogP contribution in [0.15, 0.2) is 4.99 Å². The van der Waals surface area contributed by atoms with Gasteiger partial charge in [0.25, 0.3) is 0 Å². The molecule has 0 heterocycles. The highest BCUT2D eigenvalue weighted by molar-refractivity contribution is 5.79. The molecule has 0 atom stereocenters. The van der Waals surface area contributed by atoms with Crippen molar-refractivity contribution < 1.29 is 5.11 Å². The third-order valence-electron chi connectivity index (χ3n) is 3.10. The highest BCUT2D eigenvalue weighted by Gasteiger charge is 2.29. The Morgan fingerprint density at radius 2 is 1.56 bits per heavy atom. The van der Waals surface area contributed by atoms with E-state index >= 15 is 0 Å². The summed E-state index contributed by atoms with van der Waals surface area (Å²) in [7, 11) is 7.90. The predicted octanol–water partition coefficient (Wildman–Crippen LogP) is 1.16. The van der Waals surface area contributed by atoms with Gasteiger partial charge in [-0.05, 0) is 12.8 Å². The van der Waals surface area contributed by atoms with Gasteiger partial charge in [0.15, 0.2) is 5.96 Å². The first-order chi connectivity index (χ1) is 7.44. The number of hydrogen-bond donors (Lipinski definition) is 1. The van der Waals surface area contributed by atoms with Gasteiger partial charge in [0.2, 0.25) is 0 Å². The summed E-state index contributed by atoms with van der Waals surface area (Å²) in [6.07, 6.45) is 5.30. The molecule has 0 aromatic rings. The van der Waals surface area contributed by atoms with Crippen molar-refractivity contribution in [2.75, 3.05) is 34.7 Å². The Labute approximate surface area is 99.0 Å². The third-order valence-corrected chi connectivity index (χ3v) is 3.10. The van der Waals surface area contributed by atoms with Crippen LogP contribution in [0.25, 0.3) is 0 Å². The van der Waals surface area contributed by atoms with Gasteiger partial charge in [-0.15, -0.1) is 0 Å². The van der Waals surface area contributed by atoms with Gasteiger partial charge in [0.05, 0.1) is 12.1 Å². The number of aliphatic hydroxyl groups is 1. The van der Waals surface area contributed by atoms with Crippen molar-refractivity contribution in [2.45, 2.75) is 37.7 Å². The van der Waals surface area contributed by atoms with Crippen LogP contribution in [0, 0.1) is 0 Å². The summed E-state index contributed by atoms with van der Waals surface area (Å²) in [5.74, 6) is 0.916. The van der Waals surface area contributed by atoms with Crippen LogP contribution < -0.4 is 0 Å². The molecule has 1 N–H and O–H groups in total. The Bertz CT molecular complexity index is 233. The minimum atomic E-state index is -0.560. The van der Waals surface area contributed by atoms with Gasteiger partial charge in [-0.2, -0.15) is 0 Å². The largest absolute Gasteiger partial charge is 0.388 e. The van der Waals surface area contributed by atoms with Crippen molar-refractivity contribution in [1.29, 1.82) is 0 Å². The molecule has 0 radical (unpaired) electrons. The van der Waals surface area contributed by atoms with Crippen LogP contribution in [0.5, 0.6) is 0 Å². The van der Waals surface area contributed by atoms with Crippen molar-refractivity contribution in [1.82, 2.24) is 9.80 Å². The second-order valence-corrected chi connectivity index (χ2v) is 5.19. The van der Waals surface area contributed by atoms with E-state index in [0.717, 1.165) is 31.6 Å². The van der Waals surface area contributed by atoms with Crippen molar-refractivity contribution >= 4 is 5.96 Å². The molecule has 0 saturated heterocycles. The van der Waals surface area contributed by atoms with E-state index in [2.05, 4.69) is 4.99 Å². The lowest BCUT2D eigenvalue weighted by Crippen LogP contribution is -2.39. The van der Waals surface area contributed by atoms with Gasteiger partial charge < -0.3 is 14.9 Å². The monoisotopic (exact) mass is 227 g/mol. The molecule has 1 aliphatic rings. The number of aliphatic imine (C=N–C) groups is 1. The first-order valence-corrected chi connectivity index (χ1v) is 6.06. The molecule has 0 spiro atoms. The maximum Gasteiger partial charge on any atom is 0.195 e. The quantitative estimate of drug-likeness (QED) is 0.568. The van der Waals surface area contributed by atoms with Crippen LogP contribution >= 0.6 is 0 Å². The third kappa shape index (κ3) is 3.67. The molecule has 4 heteroatoms. The van der Waals surface area contributed by atoms with Crippen LogP contribution in [0.2, 0.25) is 0 Å². The van der Waals surface area contributed by atoms with Crippen LogP contribution in [0.4, 0.5) is 0 Å². The molecule has 1 rings (SSSR count). The van der Waals surface area contributed by atoms with Gasteiger partial charge in [0.1, 0.15) is 0 Å². The van der Waals surface area contributed by atoms with Gasteiger partial charge in [-0.25, -0.2) is 4.99 Å². The average molecular weight is 227 g/mol. The highest BCUT2D eigenvalue weighted by Crippen LogP contribution is 2.28. The first kappa shape index (κ1) is 13.3. The van der Waals surface area contributed by atoms with E-state index in [1.54, 1.807) is 0 Å². The first-order valence-electron chi connectivity index (χ1n) is 6.06. The molecule has 16 heavy (non-hydrogen) atoms. The van der Waals surface area contributed by atoms with Crippen molar-refractivity contribution in [3.05, 3.63) is 0 Å². The van der Waals surface area contributed by atoms with Gasteiger partial charge in [0, 0.05) is 28.2 Å². The Morgan fingerprint density at radius 3 is 2.00 bits per heavy atom. The molecule has 94 valence electrons. The molecule has 4 nitrogen and oxygen atoms in total. The van der Waals surface area contributed by atoms with Crippen LogP contribution in [-0.2, 0) is 0 Å². The van der Waals surface area contributed by atoms with Crippen LogP contribution in [-0.4, -0.2) is 61.2 Å². The Morgan fingerprint density at radius 1 is 1.06 bits per heavy atom. The second kappa shape index (κ2) is 5.53. The summed E-state index contributed by atoms with van der Waals surface area (Å²) >= 11 is 0. The molecule has 1 saturated carbocycles. The molecule has 0 aromatic heterocycles. The summed E-state index contributed by atoms with van der Waals surface area (Å²) in [6, 6.07) is 0.